The number of benzene rings is 3. The molecule has 5 nitrogen and oxygen atoms in total. The van der Waals surface area contributed by atoms with Crippen molar-refractivity contribution in [3.63, 3.8) is 0 Å². The summed E-state index contributed by atoms with van der Waals surface area (Å²) in [5.41, 5.74) is 2.39. The first-order chi connectivity index (χ1) is 16.5. The molecule has 0 unspecified atom stereocenters. The molecule has 0 fully saturated rings. The summed E-state index contributed by atoms with van der Waals surface area (Å²) < 4.78 is 0. The summed E-state index contributed by atoms with van der Waals surface area (Å²) in [6.07, 6.45) is 9.16. The first-order valence-electron chi connectivity index (χ1n) is 11.0. The molecule has 0 aromatic heterocycles. The third kappa shape index (κ3) is 5.17. The summed E-state index contributed by atoms with van der Waals surface area (Å²) in [5.74, 6) is -1.45. The molecule has 1 amide bonds. The second kappa shape index (κ2) is 11.6. The summed E-state index contributed by atoms with van der Waals surface area (Å²) in [6.45, 7) is -0.396. The fourth-order valence-corrected chi connectivity index (χ4v) is 4.40. The Hall–Kier alpha value is -3.78. The van der Waals surface area contributed by atoms with Crippen LogP contribution in [0.1, 0.15) is 16.7 Å². The van der Waals surface area contributed by atoms with E-state index < -0.39 is 18.1 Å². The monoisotopic (exact) mass is 457 g/mol. The standard InChI is InChI=1S/C29H26N2O3.Li/c1-30(22-27(32)33)28(34)26-20-12-5-13-21-31(26)29(23-14-6-2-7-15-23,24-16-8-3-9-17-24)25-18-10-4-11-19-25;/h2-21H,22H2,1H3,(H,32,33);. The number of nitrogens with zero attached hydrogens (tertiary/aromatic N) is 2. The maximum Gasteiger partial charge on any atom is 0.323 e. The third-order valence-corrected chi connectivity index (χ3v) is 5.85. The SMILES string of the molecule is CN(CC(=O)O)C(=O)C1=CC=CC=CN1C(c1ccccc1)(c1ccccc1)c1ccccc1.[Li]. The minimum absolute atomic E-state index is 0. The van der Waals surface area contributed by atoms with Gasteiger partial charge in [0.25, 0.3) is 5.91 Å². The minimum atomic E-state index is -1.07. The van der Waals surface area contributed by atoms with Crippen molar-refractivity contribution in [2.45, 2.75) is 5.54 Å². The summed E-state index contributed by atoms with van der Waals surface area (Å²) >= 11 is 0. The molecular formula is C29H26LiN2O3. The fraction of sp³-hybridized carbons (Fsp3) is 0.103. The van der Waals surface area contributed by atoms with Gasteiger partial charge < -0.3 is 14.9 Å². The van der Waals surface area contributed by atoms with Gasteiger partial charge in [0.2, 0.25) is 0 Å². The van der Waals surface area contributed by atoms with Crippen LogP contribution in [0.5, 0.6) is 0 Å². The van der Waals surface area contributed by atoms with Gasteiger partial charge in [-0.25, -0.2) is 0 Å². The molecule has 1 aliphatic rings. The topological polar surface area (TPSA) is 60.9 Å². The van der Waals surface area contributed by atoms with E-state index in [0.717, 1.165) is 16.7 Å². The summed E-state index contributed by atoms with van der Waals surface area (Å²) in [6, 6.07) is 30.1. The molecule has 6 heteroatoms. The second-order valence-corrected chi connectivity index (χ2v) is 8.01. The van der Waals surface area contributed by atoms with Crippen LogP contribution >= 0.6 is 0 Å². The summed E-state index contributed by atoms with van der Waals surface area (Å²) in [5, 5.41) is 9.29. The van der Waals surface area contributed by atoms with Crippen molar-refractivity contribution >= 4 is 30.7 Å². The van der Waals surface area contributed by atoms with Crippen LogP contribution in [-0.4, -0.2) is 59.2 Å². The Morgan fingerprint density at radius 3 is 1.66 bits per heavy atom. The molecule has 35 heavy (non-hydrogen) atoms. The van der Waals surface area contributed by atoms with E-state index in [9.17, 15) is 14.7 Å². The van der Waals surface area contributed by atoms with Crippen LogP contribution in [0.15, 0.2) is 127 Å². The zero-order valence-electron chi connectivity index (χ0n) is 19.9. The number of carboxylic acid groups (broad SMARTS) is 1. The molecule has 0 bridgehead atoms. The first-order valence-corrected chi connectivity index (χ1v) is 11.0. The van der Waals surface area contributed by atoms with Crippen LogP contribution in [0.3, 0.4) is 0 Å². The van der Waals surface area contributed by atoms with Crippen molar-refractivity contribution < 1.29 is 14.7 Å². The van der Waals surface area contributed by atoms with Crippen molar-refractivity contribution in [1.29, 1.82) is 0 Å². The smallest absolute Gasteiger partial charge is 0.323 e. The molecule has 1 aliphatic heterocycles. The molecule has 0 atom stereocenters. The number of carbonyl (C=O) groups is 2. The van der Waals surface area contributed by atoms with Crippen molar-refractivity contribution in [1.82, 2.24) is 9.80 Å². The normalized spacial score (nSPS) is 12.8. The van der Waals surface area contributed by atoms with E-state index in [1.54, 1.807) is 12.2 Å². The van der Waals surface area contributed by atoms with Crippen molar-refractivity contribution in [3.05, 3.63) is 144 Å². The van der Waals surface area contributed by atoms with Crippen LogP contribution in [0.25, 0.3) is 0 Å². The average Bonchev–Trinajstić information content (AvgIpc) is 3.12. The summed E-state index contributed by atoms with van der Waals surface area (Å²) in [4.78, 5) is 28.1. The fourth-order valence-electron chi connectivity index (χ4n) is 4.40. The van der Waals surface area contributed by atoms with Crippen LogP contribution in [0, 0.1) is 0 Å². The molecule has 0 aliphatic carbocycles. The molecule has 0 saturated carbocycles. The zero-order valence-corrected chi connectivity index (χ0v) is 19.9. The third-order valence-electron chi connectivity index (χ3n) is 5.85. The van der Waals surface area contributed by atoms with Crippen LogP contribution in [0.2, 0.25) is 0 Å². The van der Waals surface area contributed by atoms with Crippen molar-refractivity contribution in [3.8, 4) is 0 Å². The Kier molecular flexibility index (Phi) is 8.54. The van der Waals surface area contributed by atoms with E-state index in [2.05, 4.69) is 36.4 Å². The van der Waals surface area contributed by atoms with Crippen LogP contribution < -0.4 is 0 Å². The van der Waals surface area contributed by atoms with E-state index in [1.807, 2.05) is 77.8 Å². The number of likely N-dealkylation sites (N-methyl/N-ethyl adjacent to an activating group) is 1. The molecule has 3 aromatic rings. The molecule has 1 heterocycles. The van der Waals surface area contributed by atoms with Gasteiger partial charge in [-0.15, -0.1) is 0 Å². The van der Waals surface area contributed by atoms with E-state index in [1.165, 1.54) is 11.9 Å². The van der Waals surface area contributed by atoms with Crippen molar-refractivity contribution in [2.24, 2.45) is 0 Å². The van der Waals surface area contributed by atoms with Gasteiger partial charge in [0.05, 0.1) is 0 Å². The Morgan fingerprint density at radius 1 is 0.771 bits per heavy atom. The minimum Gasteiger partial charge on any atom is -0.480 e. The predicted molar refractivity (Wildman–Crippen MR) is 138 cm³/mol. The van der Waals surface area contributed by atoms with Crippen LogP contribution in [-0.2, 0) is 15.1 Å². The van der Waals surface area contributed by atoms with Gasteiger partial charge in [0.1, 0.15) is 17.8 Å². The molecule has 4 rings (SSSR count). The molecule has 1 radical (unpaired) electrons. The number of rotatable bonds is 7. The first kappa shape index (κ1) is 25.8. The molecule has 0 spiro atoms. The number of carbonyl (C=O) groups excluding carboxylic acids is 1. The number of allylic oxidation sites excluding steroid dienone is 4. The van der Waals surface area contributed by atoms with Gasteiger partial charge in [-0.05, 0) is 28.8 Å². The van der Waals surface area contributed by atoms with Gasteiger partial charge in [0, 0.05) is 32.1 Å². The van der Waals surface area contributed by atoms with E-state index >= 15 is 0 Å². The predicted octanol–water partition coefficient (Wildman–Crippen LogP) is 4.41. The Labute approximate surface area is 217 Å². The zero-order chi connectivity index (χ0) is 24.0. The van der Waals surface area contributed by atoms with Crippen molar-refractivity contribution in [2.75, 3.05) is 13.6 Å². The number of hydrogen-bond donors (Lipinski definition) is 1. The van der Waals surface area contributed by atoms with Gasteiger partial charge in [-0.1, -0.05) is 103 Å². The van der Waals surface area contributed by atoms with Gasteiger partial charge in [0.15, 0.2) is 0 Å². The molecule has 0 saturated heterocycles. The van der Waals surface area contributed by atoms with Gasteiger partial charge in [-0.2, -0.15) is 0 Å². The van der Waals surface area contributed by atoms with Gasteiger partial charge in [-0.3, -0.25) is 9.59 Å². The van der Waals surface area contributed by atoms with E-state index in [4.69, 9.17) is 0 Å². The molecule has 3 aromatic carbocycles. The van der Waals surface area contributed by atoms with E-state index in [0.29, 0.717) is 5.70 Å². The second-order valence-electron chi connectivity index (χ2n) is 8.01. The van der Waals surface area contributed by atoms with Gasteiger partial charge >= 0.3 is 5.97 Å². The number of aliphatic carboxylic acids is 1. The largest absolute Gasteiger partial charge is 0.480 e. The Balaban J connectivity index is 0.00000342. The molecule has 1 N–H and O–H groups in total. The van der Waals surface area contributed by atoms with E-state index in [-0.39, 0.29) is 24.8 Å². The maximum atomic E-state index is 13.6. The number of amides is 1. The molecule has 171 valence electrons. The van der Waals surface area contributed by atoms with Crippen LogP contribution in [0.4, 0.5) is 0 Å². The molecular weight excluding hydrogens is 431 g/mol. The quantitative estimate of drug-likeness (QED) is 0.422. The Morgan fingerprint density at radius 2 is 1.23 bits per heavy atom. The maximum absolute atomic E-state index is 13.6. The summed E-state index contributed by atoms with van der Waals surface area (Å²) in [7, 11) is 1.50. The number of carboxylic acids is 1. The number of hydrogen-bond acceptors (Lipinski definition) is 3. The Bertz CT molecular complexity index is 1140. The average molecular weight is 457 g/mol.